The van der Waals surface area contributed by atoms with E-state index in [1.165, 1.54) is 10.7 Å². The van der Waals surface area contributed by atoms with Gasteiger partial charge in [-0.3, -0.25) is 14.6 Å². The van der Waals surface area contributed by atoms with Gasteiger partial charge in [0.05, 0.1) is 23.1 Å². The molecule has 30 heavy (non-hydrogen) atoms. The molecule has 1 atom stereocenters. The van der Waals surface area contributed by atoms with Crippen molar-refractivity contribution in [3.05, 3.63) is 62.8 Å². The van der Waals surface area contributed by atoms with Crippen LogP contribution in [0, 0.1) is 20.8 Å². The molecule has 4 rings (SSSR count). The highest BCUT2D eigenvalue weighted by molar-refractivity contribution is 7.13. The number of pyridine rings is 1. The normalized spacial score (nSPS) is 16.1. The lowest BCUT2D eigenvalue weighted by Crippen LogP contribution is -2.37. The minimum Gasteiger partial charge on any atom is -0.332 e. The Morgan fingerprint density at radius 3 is 2.77 bits per heavy atom. The predicted octanol–water partition coefficient (Wildman–Crippen LogP) is 3.13. The van der Waals surface area contributed by atoms with Crippen LogP contribution in [0.1, 0.15) is 41.7 Å². The van der Waals surface area contributed by atoms with Crippen LogP contribution >= 0.6 is 11.3 Å². The molecule has 1 unspecified atom stereocenters. The zero-order valence-electron chi connectivity index (χ0n) is 17.3. The third-order valence-corrected chi connectivity index (χ3v) is 5.92. The van der Waals surface area contributed by atoms with Gasteiger partial charge in [-0.2, -0.15) is 5.10 Å². The summed E-state index contributed by atoms with van der Waals surface area (Å²) in [6, 6.07) is 6.93. The molecule has 1 amide bonds. The molecule has 0 saturated carbocycles. The summed E-state index contributed by atoms with van der Waals surface area (Å²) in [6.07, 6.45) is 1.74. The molecule has 1 saturated heterocycles. The van der Waals surface area contributed by atoms with Gasteiger partial charge in [0.25, 0.3) is 5.56 Å². The zero-order valence-corrected chi connectivity index (χ0v) is 18.1. The van der Waals surface area contributed by atoms with Gasteiger partial charge in [0, 0.05) is 29.4 Å². The van der Waals surface area contributed by atoms with E-state index >= 15 is 0 Å². The highest BCUT2D eigenvalue weighted by atomic mass is 32.1. The first-order valence-electron chi connectivity index (χ1n) is 9.91. The van der Waals surface area contributed by atoms with Crippen molar-refractivity contribution in [1.29, 1.82) is 0 Å². The van der Waals surface area contributed by atoms with Gasteiger partial charge in [-0.05, 0) is 51.8 Å². The molecule has 0 aliphatic carbocycles. The number of hydrogen-bond acceptors (Lipinski definition) is 7. The summed E-state index contributed by atoms with van der Waals surface area (Å²) in [6.45, 7) is 6.29. The second-order valence-corrected chi connectivity index (χ2v) is 8.41. The van der Waals surface area contributed by atoms with E-state index in [2.05, 4.69) is 15.4 Å². The summed E-state index contributed by atoms with van der Waals surface area (Å²) < 4.78 is 1.23. The third kappa shape index (κ3) is 4.40. The minimum atomic E-state index is -0.274. The quantitative estimate of drug-likeness (QED) is 0.676. The fraction of sp³-hybridized carbons (Fsp3) is 0.381. The average molecular weight is 425 g/mol. The second-order valence-electron chi connectivity index (χ2n) is 7.56. The first-order valence-corrected chi connectivity index (χ1v) is 10.8. The van der Waals surface area contributed by atoms with Gasteiger partial charge in [0.2, 0.25) is 5.91 Å². The summed E-state index contributed by atoms with van der Waals surface area (Å²) in [7, 11) is 0. The number of aromatic nitrogens is 4. The summed E-state index contributed by atoms with van der Waals surface area (Å²) in [5.74, 6) is -0.119. The van der Waals surface area contributed by atoms with E-state index in [1.807, 2.05) is 36.3 Å². The molecule has 4 heterocycles. The van der Waals surface area contributed by atoms with E-state index in [1.54, 1.807) is 24.3 Å². The Hall–Kier alpha value is -3.07. The zero-order chi connectivity index (χ0) is 21.3. The van der Waals surface area contributed by atoms with Gasteiger partial charge < -0.3 is 10.2 Å². The number of carbonyl (C=O) groups is 1. The molecule has 1 aliphatic heterocycles. The molecule has 3 aromatic heterocycles. The standard InChI is InChI=1S/C21H24N6O2S/c1-13-6-7-19(28)27(25-13)11-20(29)26-8-4-5-18(26)17-10-16(9-14(2)22-17)24-21-23-15(3)12-30-21/h6-7,9-10,12,18H,4-5,8,11H2,1-3H3,(H,22,23,24). The minimum absolute atomic E-state index is 0.0632. The Bertz CT molecular complexity index is 1140. The summed E-state index contributed by atoms with van der Waals surface area (Å²) in [4.78, 5) is 36.0. The molecule has 8 nitrogen and oxygen atoms in total. The van der Waals surface area contributed by atoms with Gasteiger partial charge in [0.15, 0.2) is 5.13 Å². The van der Waals surface area contributed by atoms with Crippen LogP contribution in [0.4, 0.5) is 10.8 Å². The van der Waals surface area contributed by atoms with Crippen molar-refractivity contribution < 1.29 is 4.79 Å². The number of carbonyl (C=O) groups excluding carboxylic acids is 1. The van der Waals surface area contributed by atoms with Gasteiger partial charge >= 0.3 is 0 Å². The number of likely N-dealkylation sites (tertiary alicyclic amines) is 1. The number of nitrogens with zero attached hydrogens (tertiary/aromatic N) is 5. The smallest absolute Gasteiger partial charge is 0.267 e. The molecule has 0 bridgehead atoms. The largest absolute Gasteiger partial charge is 0.332 e. The topological polar surface area (TPSA) is 93.0 Å². The van der Waals surface area contributed by atoms with E-state index in [9.17, 15) is 9.59 Å². The van der Waals surface area contributed by atoms with Crippen LogP contribution in [0.25, 0.3) is 0 Å². The molecule has 3 aromatic rings. The molecule has 0 radical (unpaired) electrons. The molecular weight excluding hydrogens is 400 g/mol. The van der Waals surface area contributed by atoms with Gasteiger partial charge in [-0.15, -0.1) is 11.3 Å². The second kappa shape index (κ2) is 8.35. The molecular formula is C21H24N6O2S. The summed E-state index contributed by atoms with van der Waals surface area (Å²) in [5, 5.41) is 10.3. The van der Waals surface area contributed by atoms with Crippen molar-refractivity contribution >= 4 is 28.1 Å². The number of aryl methyl sites for hydroxylation is 3. The van der Waals surface area contributed by atoms with E-state index in [4.69, 9.17) is 4.98 Å². The van der Waals surface area contributed by atoms with Crippen molar-refractivity contribution in [2.24, 2.45) is 0 Å². The number of thiazole rings is 1. The molecule has 1 fully saturated rings. The maximum atomic E-state index is 13.0. The molecule has 9 heteroatoms. The SMILES string of the molecule is Cc1cc(Nc2nc(C)cs2)cc(C2CCCN2C(=O)Cn2nc(C)ccc2=O)n1. The fourth-order valence-electron chi connectivity index (χ4n) is 3.73. The summed E-state index contributed by atoms with van der Waals surface area (Å²) >= 11 is 1.55. The Morgan fingerprint density at radius 1 is 1.17 bits per heavy atom. The number of nitrogens with one attached hydrogen (secondary N) is 1. The number of hydrogen-bond donors (Lipinski definition) is 1. The Balaban J connectivity index is 1.56. The molecule has 1 N–H and O–H groups in total. The fourth-order valence-corrected chi connectivity index (χ4v) is 4.44. The van der Waals surface area contributed by atoms with Crippen LogP contribution in [0.15, 0.2) is 34.4 Å². The highest BCUT2D eigenvalue weighted by Gasteiger charge is 2.31. The van der Waals surface area contributed by atoms with E-state index in [0.717, 1.165) is 40.7 Å². The van der Waals surface area contributed by atoms with Crippen LogP contribution in [-0.4, -0.2) is 37.1 Å². The monoisotopic (exact) mass is 424 g/mol. The third-order valence-electron chi connectivity index (χ3n) is 5.04. The van der Waals surface area contributed by atoms with Crippen LogP contribution in [0.3, 0.4) is 0 Å². The first kappa shape index (κ1) is 20.2. The van der Waals surface area contributed by atoms with Crippen molar-refractivity contribution in [3.8, 4) is 0 Å². The Labute approximate surface area is 178 Å². The average Bonchev–Trinajstić information content (AvgIpc) is 3.33. The lowest BCUT2D eigenvalue weighted by molar-refractivity contribution is -0.133. The number of amides is 1. The van der Waals surface area contributed by atoms with E-state index in [0.29, 0.717) is 12.2 Å². The Kier molecular flexibility index (Phi) is 5.63. The molecule has 0 spiro atoms. The lowest BCUT2D eigenvalue weighted by Gasteiger charge is -2.25. The van der Waals surface area contributed by atoms with Crippen molar-refractivity contribution in [1.82, 2.24) is 24.6 Å². The molecule has 156 valence electrons. The van der Waals surface area contributed by atoms with Crippen LogP contribution in [0.2, 0.25) is 0 Å². The van der Waals surface area contributed by atoms with Gasteiger partial charge in [0.1, 0.15) is 6.54 Å². The number of rotatable bonds is 5. The number of anilines is 2. The van der Waals surface area contributed by atoms with Crippen molar-refractivity contribution in [2.75, 3.05) is 11.9 Å². The van der Waals surface area contributed by atoms with Crippen LogP contribution < -0.4 is 10.9 Å². The van der Waals surface area contributed by atoms with Crippen molar-refractivity contribution in [2.45, 2.75) is 46.2 Å². The van der Waals surface area contributed by atoms with Crippen LogP contribution in [0.5, 0.6) is 0 Å². The van der Waals surface area contributed by atoms with E-state index in [-0.39, 0.29) is 24.1 Å². The Morgan fingerprint density at radius 2 is 2.00 bits per heavy atom. The maximum absolute atomic E-state index is 13.0. The maximum Gasteiger partial charge on any atom is 0.267 e. The summed E-state index contributed by atoms with van der Waals surface area (Å²) in [5.41, 5.74) is 4.03. The lowest BCUT2D eigenvalue weighted by atomic mass is 10.1. The van der Waals surface area contributed by atoms with E-state index < -0.39 is 0 Å². The van der Waals surface area contributed by atoms with Crippen molar-refractivity contribution in [3.63, 3.8) is 0 Å². The molecule has 1 aliphatic rings. The first-order chi connectivity index (χ1) is 14.4. The van der Waals surface area contributed by atoms with Gasteiger partial charge in [-0.1, -0.05) is 0 Å². The molecule has 0 aromatic carbocycles. The highest BCUT2D eigenvalue weighted by Crippen LogP contribution is 2.33. The predicted molar refractivity (Wildman–Crippen MR) is 116 cm³/mol. The van der Waals surface area contributed by atoms with Crippen LogP contribution in [-0.2, 0) is 11.3 Å². The van der Waals surface area contributed by atoms with Gasteiger partial charge in [-0.25, -0.2) is 9.67 Å².